The van der Waals surface area contributed by atoms with Gasteiger partial charge in [-0.05, 0) is 87.1 Å². The molecular formula is C22H38BrNO. The van der Waals surface area contributed by atoms with E-state index in [0.29, 0.717) is 17.9 Å². The van der Waals surface area contributed by atoms with Crippen molar-refractivity contribution in [2.45, 2.75) is 86.3 Å². The van der Waals surface area contributed by atoms with E-state index in [0.717, 1.165) is 31.7 Å². The van der Waals surface area contributed by atoms with Gasteiger partial charge in [-0.3, -0.25) is 0 Å². The van der Waals surface area contributed by atoms with Crippen molar-refractivity contribution >= 4 is 15.9 Å². The minimum absolute atomic E-state index is 0.211. The van der Waals surface area contributed by atoms with Crippen LogP contribution < -0.4 is 0 Å². The van der Waals surface area contributed by atoms with Crippen LogP contribution in [0.4, 0.5) is 0 Å². The van der Waals surface area contributed by atoms with Gasteiger partial charge in [-0.2, -0.15) is 0 Å². The average Bonchev–Trinajstić information content (AvgIpc) is 2.48. The first kappa shape index (κ1) is 22.3. The van der Waals surface area contributed by atoms with Crippen LogP contribution in [0.15, 0.2) is 34.2 Å². The van der Waals surface area contributed by atoms with Gasteiger partial charge in [-0.1, -0.05) is 43.6 Å². The van der Waals surface area contributed by atoms with Crippen molar-refractivity contribution in [1.82, 2.24) is 4.90 Å². The zero-order valence-electron chi connectivity index (χ0n) is 17.6. The second-order valence-electron chi connectivity index (χ2n) is 8.74. The maximum Gasteiger partial charge on any atom is 0.182 e. The molecule has 1 aliphatic rings. The molecule has 0 saturated carbocycles. The summed E-state index contributed by atoms with van der Waals surface area (Å²) in [6.45, 7) is 22.8. The van der Waals surface area contributed by atoms with Crippen molar-refractivity contribution in [2.75, 3.05) is 6.54 Å². The lowest BCUT2D eigenvalue weighted by molar-refractivity contribution is -0.00869. The molecule has 0 spiro atoms. The van der Waals surface area contributed by atoms with Crippen LogP contribution in [0.3, 0.4) is 0 Å². The molecule has 0 aromatic carbocycles. The van der Waals surface area contributed by atoms with Gasteiger partial charge in [0.25, 0.3) is 0 Å². The number of ether oxygens (including phenoxy) is 1. The molecule has 1 aliphatic heterocycles. The van der Waals surface area contributed by atoms with Crippen molar-refractivity contribution in [3.8, 4) is 0 Å². The smallest absolute Gasteiger partial charge is 0.182 e. The molecule has 0 N–H and O–H groups in total. The number of hydrogen-bond acceptors (Lipinski definition) is 2. The Morgan fingerprint density at radius 2 is 1.96 bits per heavy atom. The number of allylic oxidation sites excluding steroid dienone is 2. The van der Waals surface area contributed by atoms with E-state index in [1.165, 1.54) is 15.6 Å². The summed E-state index contributed by atoms with van der Waals surface area (Å²) < 4.78 is 7.40. The molecule has 0 amide bonds. The molecule has 1 rings (SSSR count). The fraction of sp³-hybridized carbons (Fsp3) is 0.727. The van der Waals surface area contributed by atoms with Crippen LogP contribution in [0.2, 0.25) is 0 Å². The second-order valence-corrected chi connectivity index (χ2v) is 9.66. The van der Waals surface area contributed by atoms with Gasteiger partial charge >= 0.3 is 0 Å². The molecule has 0 aromatic rings. The zero-order chi connectivity index (χ0) is 19.4. The van der Waals surface area contributed by atoms with Crippen LogP contribution in [-0.2, 0) is 4.74 Å². The van der Waals surface area contributed by atoms with Crippen LogP contribution in [0.5, 0.6) is 0 Å². The summed E-state index contributed by atoms with van der Waals surface area (Å²) in [7, 11) is 0. The highest BCUT2D eigenvalue weighted by atomic mass is 79.9. The van der Waals surface area contributed by atoms with Gasteiger partial charge in [-0.25, -0.2) is 0 Å². The molecule has 144 valence electrons. The zero-order valence-corrected chi connectivity index (χ0v) is 19.2. The third-order valence-corrected chi connectivity index (χ3v) is 5.85. The minimum Gasteiger partial charge on any atom is -0.474 e. The molecule has 2 nitrogen and oxygen atoms in total. The van der Waals surface area contributed by atoms with Gasteiger partial charge < -0.3 is 9.64 Å². The van der Waals surface area contributed by atoms with Crippen LogP contribution in [-0.4, -0.2) is 23.1 Å². The minimum atomic E-state index is -0.211. The predicted molar refractivity (Wildman–Crippen MR) is 114 cm³/mol. The largest absolute Gasteiger partial charge is 0.474 e. The molecule has 2 atom stereocenters. The molecule has 0 aliphatic carbocycles. The summed E-state index contributed by atoms with van der Waals surface area (Å²) in [5, 5.41) is 0. The van der Waals surface area contributed by atoms with Gasteiger partial charge in [-0.15, -0.1) is 0 Å². The van der Waals surface area contributed by atoms with Crippen molar-refractivity contribution in [3.63, 3.8) is 0 Å². The van der Waals surface area contributed by atoms with Crippen molar-refractivity contribution < 1.29 is 4.74 Å². The highest BCUT2D eigenvalue weighted by Gasteiger charge is 2.30. The van der Waals surface area contributed by atoms with Crippen LogP contribution >= 0.6 is 15.9 Å². The van der Waals surface area contributed by atoms with Gasteiger partial charge in [0.1, 0.15) is 5.60 Å². The summed E-state index contributed by atoms with van der Waals surface area (Å²) in [4.78, 5) is 2.37. The third kappa shape index (κ3) is 6.84. The van der Waals surface area contributed by atoms with E-state index < -0.39 is 0 Å². The summed E-state index contributed by atoms with van der Waals surface area (Å²) in [6, 6.07) is 0.368. The Morgan fingerprint density at radius 1 is 1.36 bits per heavy atom. The fourth-order valence-corrected chi connectivity index (χ4v) is 3.79. The Bertz CT molecular complexity index is 525. The lowest BCUT2D eigenvalue weighted by Gasteiger charge is -2.42. The number of rotatable bonds is 7. The Kier molecular flexibility index (Phi) is 8.31. The fourth-order valence-electron chi connectivity index (χ4n) is 3.19. The Labute approximate surface area is 164 Å². The normalized spacial score (nSPS) is 21.0. The van der Waals surface area contributed by atoms with Crippen LogP contribution in [0, 0.1) is 11.8 Å². The lowest BCUT2D eigenvalue weighted by Crippen LogP contribution is -2.42. The Balaban J connectivity index is 3.13. The number of hydrogen-bond donors (Lipinski definition) is 0. The monoisotopic (exact) mass is 411 g/mol. The SMILES string of the molecule is C=C(OC(C)(C)C)N1CCC(/C=C(/Br)C(C)CC)=C(C)C1CC(C)C. The third-order valence-electron chi connectivity index (χ3n) is 4.84. The standard InChI is InChI=1S/C22H38BrNO/c1-10-16(4)20(23)14-19-11-12-24(18(6)25-22(7,8)9)21(17(19)5)13-15(2)3/h14-16,21H,6,10-13H2,1-5,7-9H3/b20-14+. The quantitative estimate of drug-likeness (QED) is 0.416. The number of nitrogens with zero attached hydrogens (tertiary/aromatic N) is 1. The average molecular weight is 412 g/mol. The summed E-state index contributed by atoms with van der Waals surface area (Å²) >= 11 is 3.79. The van der Waals surface area contributed by atoms with E-state index in [-0.39, 0.29) is 5.60 Å². The molecule has 1 heterocycles. The van der Waals surface area contributed by atoms with Crippen molar-refractivity contribution in [2.24, 2.45) is 11.8 Å². The van der Waals surface area contributed by atoms with Gasteiger partial charge in [0, 0.05) is 6.54 Å². The predicted octanol–water partition coefficient (Wildman–Crippen LogP) is 7.03. The summed E-state index contributed by atoms with van der Waals surface area (Å²) in [6.07, 6.45) is 5.68. The molecule has 3 heteroatoms. The summed E-state index contributed by atoms with van der Waals surface area (Å²) in [5.74, 6) is 2.01. The molecule has 0 fully saturated rings. The first-order chi connectivity index (χ1) is 11.5. The molecular weight excluding hydrogens is 374 g/mol. The van der Waals surface area contributed by atoms with Crippen LogP contribution in [0.1, 0.15) is 74.7 Å². The molecule has 0 aromatic heterocycles. The highest BCUT2D eigenvalue weighted by Crippen LogP contribution is 2.34. The number of halogens is 1. The molecule has 2 unspecified atom stereocenters. The van der Waals surface area contributed by atoms with E-state index in [9.17, 15) is 0 Å². The maximum absolute atomic E-state index is 6.09. The van der Waals surface area contributed by atoms with Crippen molar-refractivity contribution in [1.29, 1.82) is 0 Å². The first-order valence-corrected chi connectivity index (χ1v) is 10.5. The second kappa shape index (κ2) is 9.30. The maximum atomic E-state index is 6.09. The topological polar surface area (TPSA) is 12.5 Å². The van der Waals surface area contributed by atoms with E-state index in [1.54, 1.807) is 0 Å². The van der Waals surface area contributed by atoms with Crippen LogP contribution in [0.25, 0.3) is 0 Å². The molecule has 0 saturated heterocycles. The molecule has 25 heavy (non-hydrogen) atoms. The van der Waals surface area contributed by atoms with Gasteiger partial charge in [0.05, 0.1) is 6.04 Å². The van der Waals surface area contributed by atoms with E-state index >= 15 is 0 Å². The highest BCUT2D eigenvalue weighted by molar-refractivity contribution is 9.11. The molecule has 0 radical (unpaired) electrons. The lowest BCUT2D eigenvalue weighted by atomic mass is 9.88. The summed E-state index contributed by atoms with van der Waals surface area (Å²) in [5.41, 5.74) is 2.72. The first-order valence-electron chi connectivity index (χ1n) is 9.67. The Morgan fingerprint density at radius 3 is 2.44 bits per heavy atom. The van der Waals surface area contributed by atoms with Crippen molar-refractivity contribution in [3.05, 3.63) is 34.2 Å². The van der Waals surface area contributed by atoms with E-state index in [2.05, 4.69) is 88.9 Å². The van der Waals surface area contributed by atoms with E-state index in [1.807, 2.05) is 0 Å². The Hall–Kier alpha value is -0.700. The molecule has 0 bridgehead atoms. The van der Waals surface area contributed by atoms with Gasteiger partial charge in [0.2, 0.25) is 0 Å². The van der Waals surface area contributed by atoms with E-state index in [4.69, 9.17) is 4.74 Å². The van der Waals surface area contributed by atoms with Gasteiger partial charge in [0.15, 0.2) is 5.88 Å².